The van der Waals surface area contributed by atoms with Crippen molar-refractivity contribution in [1.29, 1.82) is 0 Å². The molecule has 0 aromatic carbocycles. The van der Waals surface area contributed by atoms with E-state index in [1.54, 1.807) is 4.68 Å². The summed E-state index contributed by atoms with van der Waals surface area (Å²) in [5.74, 6) is 6.09. The summed E-state index contributed by atoms with van der Waals surface area (Å²) in [5, 5.41) is 7.78. The molecule has 0 aliphatic heterocycles. The average molecular weight is 283 g/mol. The normalized spacial score (nSPS) is 13.1. The predicted octanol–water partition coefficient (Wildman–Crippen LogP) is 1.10. The summed E-state index contributed by atoms with van der Waals surface area (Å²) in [6.45, 7) is 0. The van der Waals surface area contributed by atoms with Gasteiger partial charge in [-0.05, 0) is 28.8 Å². The second kappa shape index (κ2) is 5.65. The Kier molecular flexibility index (Phi) is 4.80. The fraction of sp³-hybridized carbons (Fsp3) is 0.714. The first-order valence-corrected chi connectivity index (χ1v) is 5.60. The number of rotatable bonds is 5. The van der Waals surface area contributed by atoms with Crippen molar-refractivity contribution >= 4 is 27.5 Å². The summed E-state index contributed by atoms with van der Waals surface area (Å²) in [6, 6.07) is 0.0307. The van der Waals surface area contributed by atoms with Crippen LogP contribution in [0.25, 0.3) is 0 Å². The first-order chi connectivity index (χ1) is 6.70. The fourth-order valence-electron chi connectivity index (χ4n) is 1.29. The Morgan fingerprint density at radius 2 is 2.43 bits per heavy atom. The van der Waals surface area contributed by atoms with E-state index in [2.05, 4.69) is 31.7 Å². The fourth-order valence-corrected chi connectivity index (χ4v) is 2.05. The van der Waals surface area contributed by atoms with Gasteiger partial charge in [-0.25, -0.2) is 4.68 Å². The number of alkyl halides is 1. The van der Waals surface area contributed by atoms with Gasteiger partial charge >= 0.3 is 0 Å². The van der Waals surface area contributed by atoms with Gasteiger partial charge in [-0.15, -0.1) is 16.7 Å². The third kappa shape index (κ3) is 2.66. The highest BCUT2D eigenvalue weighted by Gasteiger charge is 2.18. The molecule has 1 unspecified atom stereocenters. The topological polar surface area (TPSA) is 68.8 Å². The standard InChI is InChI=1S/C7H13BrClN5/c1-14-6(7(8)12-13-14)5(11-10)3-2-4-9/h5,11H,2-4,10H2,1H3. The third-order valence-corrected chi connectivity index (χ3v) is 2.82. The minimum Gasteiger partial charge on any atom is -0.271 e. The lowest BCUT2D eigenvalue weighted by Gasteiger charge is -2.15. The molecule has 1 rings (SSSR count). The molecular formula is C7H13BrClN5. The highest BCUT2D eigenvalue weighted by Crippen LogP contribution is 2.23. The van der Waals surface area contributed by atoms with Gasteiger partial charge < -0.3 is 0 Å². The molecule has 3 N–H and O–H groups in total. The van der Waals surface area contributed by atoms with Crippen LogP contribution >= 0.6 is 27.5 Å². The van der Waals surface area contributed by atoms with Crippen LogP contribution in [0.4, 0.5) is 0 Å². The number of halogens is 2. The summed E-state index contributed by atoms with van der Waals surface area (Å²) in [6.07, 6.45) is 1.76. The number of hydrogen-bond donors (Lipinski definition) is 2. The largest absolute Gasteiger partial charge is 0.271 e. The van der Waals surface area contributed by atoms with Gasteiger partial charge in [0.2, 0.25) is 0 Å². The predicted molar refractivity (Wildman–Crippen MR) is 58.7 cm³/mol. The van der Waals surface area contributed by atoms with Gasteiger partial charge in [0, 0.05) is 12.9 Å². The zero-order chi connectivity index (χ0) is 10.6. The molecule has 5 nitrogen and oxygen atoms in total. The van der Waals surface area contributed by atoms with Crippen LogP contribution in [0.3, 0.4) is 0 Å². The molecule has 0 saturated carbocycles. The van der Waals surface area contributed by atoms with Crippen molar-refractivity contribution in [2.24, 2.45) is 12.9 Å². The minimum absolute atomic E-state index is 0.0307. The zero-order valence-electron chi connectivity index (χ0n) is 7.87. The number of aromatic nitrogens is 3. The van der Waals surface area contributed by atoms with E-state index in [0.717, 1.165) is 23.1 Å². The molecule has 80 valence electrons. The van der Waals surface area contributed by atoms with Gasteiger partial charge in [0.25, 0.3) is 0 Å². The SMILES string of the molecule is Cn1nnc(Br)c1C(CCCCl)NN. The minimum atomic E-state index is 0.0307. The number of hydrazine groups is 1. The van der Waals surface area contributed by atoms with Crippen LogP contribution in [-0.2, 0) is 7.05 Å². The molecule has 14 heavy (non-hydrogen) atoms. The van der Waals surface area contributed by atoms with Crippen molar-refractivity contribution < 1.29 is 0 Å². The van der Waals surface area contributed by atoms with Crippen molar-refractivity contribution in [3.05, 3.63) is 10.3 Å². The van der Waals surface area contributed by atoms with Crippen LogP contribution in [0.5, 0.6) is 0 Å². The number of hydrogen-bond acceptors (Lipinski definition) is 4. The molecule has 1 aromatic rings. The molecule has 0 spiro atoms. The molecule has 0 amide bonds. The van der Waals surface area contributed by atoms with Crippen LogP contribution in [0.1, 0.15) is 24.6 Å². The third-order valence-electron chi connectivity index (χ3n) is 1.98. The molecule has 0 aliphatic carbocycles. The molecule has 1 aromatic heterocycles. The highest BCUT2D eigenvalue weighted by molar-refractivity contribution is 9.10. The molecule has 0 fully saturated rings. The smallest absolute Gasteiger partial charge is 0.153 e. The van der Waals surface area contributed by atoms with Crippen LogP contribution in [0.15, 0.2) is 4.60 Å². The molecule has 0 bridgehead atoms. The lowest BCUT2D eigenvalue weighted by molar-refractivity contribution is 0.474. The second-order valence-electron chi connectivity index (χ2n) is 2.94. The van der Waals surface area contributed by atoms with E-state index in [0.29, 0.717) is 5.88 Å². The summed E-state index contributed by atoms with van der Waals surface area (Å²) in [7, 11) is 1.83. The second-order valence-corrected chi connectivity index (χ2v) is 4.07. The Morgan fingerprint density at radius 1 is 1.71 bits per heavy atom. The zero-order valence-corrected chi connectivity index (χ0v) is 10.2. The van der Waals surface area contributed by atoms with Gasteiger partial charge in [0.15, 0.2) is 4.60 Å². The Balaban J connectivity index is 2.77. The quantitative estimate of drug-likeness (QED) is 0.482. The van der Waals surface area contributed by atoms with Crippen molar-refractivity contribution in [1.82, 2.24) is 20.4 Å². The van der Waals surface area contributed by atoms with Crippen LogP contribution in [0, 0.1) is 0 Å². The van der Waals surface area contributed by atoms with Gasteiger partial charge in [0.05, 0.1) is 11.7 Å². The molecule has 1 heterocycles. The number of nitrogens with one attached hydrogen (secondary N) is 1. The molecular weight excluding hydrogens is 269 g/mol. The van der Waals surface area contributed by atoms with E-state index in [1.807, 2.05) is 7.05 Å². The molecule has 0 saturated heterocycles. The van der Waals surface area contributed by atoms with Crippen molar-refractivity contribution in [3.8, 4) is 0 Å². The lowest BCUT2D eigenvalue weighted by atomic mass is 10.1. The maximum absolute atomic E-state index is 5.63. The summed E-state index contributed by atoms with van der Waals surface area (Å²) in [4.78, 5) is 0. The molecule has 0 aliphatic rings. The molecule has 7 heteroatoms. The number of nitrogens with two attached hydrogens (primary N) is 1. The van der Waals surface area contributed by atoms with Crippen molar-refractivity contribution in [3.63, 3.8) is 0 Å². The van der Waals surface area contributed by atoms with E-state index in [4.69, 9.17) is 17.4 Å². The summed E-state index contributed by atoms with van der Waals surface area (Å²) >= 11 is 8.95. The highest BCUT2D eigenvalue weighted by atomic mass is 79.9. The van der Waals surface area contributed by atoms with Crippen LogP contribution in [0.2, 0.25) is 0 Å². The Morgan fingerprint density at radius 3 is 2.86 bits per heavy atom. The van der Waals surface area contributed by atoms with Crippen LogP contribution in [-0.4, -0.2) is 20.9 Å². The average Bonchev–Trinajstić information content (AvgIpc) is 2.50. The van der Waals surface area contributed by atoms with Crippen LogP contribution < -0.4 is 11.3 Å². The summed E-state index contributed by atoms with van der Waals surface area (Å²) < 4.78 is 2.42. The maximum Gasteiger partial charge on any atom is 0.153 e. The molecule has 0 radical (unpaired) electrons. The van der Waals surface area contributed by atoms with Gasteiger partial charge in [-0.2, -0.15) is 0 Å². The Labute approximate surface area is 96.1 Å². The van der Waals surface area contributed by atoms with E-state index in [-0.39, 0.29) is 6.04 Å². The first-order valence-electron chi connectivity index (χ1n) is 4.27. The van der Waals surface area contributed by atoms with Gasteiger partial charge in [-0.1, -0.05) is 5.21 Å². The monoisotopic (exact) mass is 281 g/mol. The maximum atomic E-state index is 5.63. The first kappa shape index (κ1) is 11.9. The van der Waals surface area contributed by atoms with Gasteiger partial charge in [0.1, 0.15) is 0 Å². The van der Waals surface area contributed by atoms with Crippen molar-refractivity contribution in [2.75, 3.05) is 5.88 Å². The van der Waals surface area contributed by atoms with E-state index < -0.39 is 0 Å². The number of aryl methyl sites for hydroxylation is 1. The Hall–Kier alpha value is -0.170. The van der Waals surface area contributed by atoms with E-state index in [9.17, 15) is 0 Å². The number of nitrogens with zero attached hydrogens (tertiary/aromatic N) is 3. The lowest BCUT2D eigenvalue weighted by Crippen LogP contribution is -2.29. The van der Waals surface area contributed by atoms with Crippen molar-refractivity contribution in [2.45, 2.75) is 18.9 Å². The molecule has 1 atom stereocenters. The van der Waals surface area contributed by atoms with Gasteiger partial charge in [-0.3, -0.25) is 11.3 Å². The Bertz CT molecular complexity index is 270. The van der Waals surface area contributed by atoms with E-state index in [1.165, 1.54) is 0 Å². The summed E-state index contributed by atoms with van der Waals surface area (Å²) in [5.41, 5.74) is 3.67. The van der Waals surface area contributed by atoms with E-state index >= 15 is 0 Å².